The molecule has 1 N–H and O–H groups in total. The first-order chi connectivity index (χ1) is 13.0. The molecule has 0 unspecified atom stereocenters. The maximum absolute atomic E-state index is 12.3. The lowest BCUT2D eigenvalue weighted by Crippen LogP contribution is -2.68. The van der Waals surface area contributed by atoms with E-state index < -0.39 is 6.10 Å². The van der Waals surface area contributed by atoms with Crippen molar-refractivity contribution in [3.8, 4) is 0 Å². The van der Waals surface area contributed by atoms with Gasteiger partial charge in [0, 0.05) is 12.8 Å². The Morgan fingerprint density at radius 2 is 1.71 bits per heavy atom. The van der Waals surface area contributed by atoms with Crippen LogP contribution in [0.4, 0.5) is 0 Å². The minimum atomic E-state index is -0.447. The summed E-state index contributed by atoms with van der Waals surface area (Å²) in [6.45, 7) is 7.84. The van der Waals surface area contributed by atoms with E-state index in [1.807, 2.05) is 0 Å². The van der Waals surface area contributed by atoms with Crippen molar-refractivity contribution in [3.05, 3.63) is 0 Å². The molecule has 158 valence electrons. The quantitative estimate of drug-likeness (QED) is 0.486. The van der Waals surface area contributed by atoms with Crippen LogP contribution in [-0.4, -0.2) is 33.4 Å². The number of hydrogen-bond acceptors (Lipinski definition) is 4. The van der Waals surface area contributed by atoms with Crippen LogP contribution in [0.2, 0.25) is 0 Å². The summed E-state index contributed by atoms with van der Waals surface area (Å²) < 4.78 is 5.25. The molecular weight excluding hydrogens is 420 g/mol. The van der Waals surface area contributed by atoms with E-state index in [0.29, 0.717) is 30.0 Å². The van der Waals surface area contributed by atoms with Crippen molar-refractivity contribution in [2.45, 2.75) is 95.6 Å². The molecule has 4 aliphatic carbocycles. The van der Waals surface area contributed by atoms with Crippen LogP contribution in [0.15, 0.2) is 0 Å². The largest absolute Gasteiger partial charge is 0.463 e. The zero-order valence-corrected chi connectivity index (χ0v) is 19.3. The van der Waals surface area contributed by atoms with Crippen LogP contribution in [0.3, 0.4) is 0 Å². The Balaban J connectivity index is 1.65. The van der Waals surface area contributed by atoms with Crippen LogP contribution in [0.25, 0.3) is 0 Å². The number of alkyl halides is 1. The molecule has 0 aromatic carbocycles. The number of rotatable bonds is 2. The number of esters is 1. The molecule has 4 saturated carbocycles. The highest BCUT2D eigenvalue weighted by atomic mass is 79.9. The van der Waals surface area contributed by atoms with Gasteiger partial charge in [0.1, 0.15) is 11.9 Å². The van der Waals surface area contributed by atoms with E-state index in [4.69, 9.17) is 4.74 Å². The molecule has 4 rings (SSSR count). The fraction of sp³-hybridized carbons (Fsp3) is 0.913. The number of hydrogen-bond donors (Lipinski definition) is 1. The van der Waals surface area contributed by atoms with Gasteiger partial charge in [-0.25, -0.2) is 0 Å². The molecule has 4 fully saturated rings. The third-order valence-electron chi connectivity index (χ3n) is 9.51. The molecule has 0 bridgehead atoms. The Kier molecular flexibility index (Phi) is 5.06. The third-order valence-corrected chi connectivity index (χ3v) is 11.5. The summed E-state index contributed by atoms with van der Waals surface area (Å²) in [5.74, 6) is 1.54. The second kappa shape index (κ2) is 6.80. The highest BCUT2D eigenvalue weighted by Gasteiger charge is 2.70. The monoisotopic (exact) mass is 454 g/mol. The molecule has 0 aromatic heterocycles. The minimum Gasteiger partial charge on any atom is -0.463 e. The molecule has 0 aliphatic heterocycles. The summed E-state index contributed by atoms with van der Waals surface area (Å²) in [5.41, 5.74) is -0.0903. The van der Waals surface area contributed by atoms with Crippen molar-refractivity contribution in [2.75, 3.05) is 0 Å². The molecule has 0 radical (unpaired) electrons. The molecule has 0 saturated heterocycles. The van der Waals surface area contributed by atoms with Gasteiger partial charge < -0.3 is 9.84 Å². The second-order valence-electron chi connectivity index (χ2n) is 10.6. The lowest BCUT2D eigenvalue weighted by Gasteiger charge is -2.67. The molecule has 0 spiro atoms. The van der Waals surface area contributed by atoms with Gasteiger partial charge in [-0.2, -0.15) is 0 Å². The van der Waals surface area contributed by atoms with Crippen molar-refractivity contribution in [3.63, 3.8) is 0 Å². The average Bonchev–Trinajstić information content (AvgIpc) is 2.93. The van der Waals surface area contributed by atoms with Gasteiger partial charge in [0.25, 0.3) is 0 Å². The number of ether oxygens (including phenoxy) is 1. The summed E-state index contributed by atoms with van der Waals surface area (Å²) in [7, 11) is 0. The third kappa shape index (κ3) is 2.71. The molecule has 28 heavy (non-hydrogen) atoms. The van der Waals surface area contributed by atoms with Gasteiger partial charge in [-0.05, 0) is 86.9 Å². The molecule has 4 aliphatic rings. The molecule has 0 aromatic rings. The predicted molar refractivity (Wildman–Crippen MR) is 111 cm³/mol. The number of aliphatic hydroxyl groups excluding tert-OH is 1. The van der Waals surface area contributed by atoms with Crippen LogP contribution in [0, 0.1) is 34.5 Å². The zero-order chi connectivity index (χ0) is 20.5. The minimum absolute atomic E-state index is 0.0123. The maximum atomic E-state index is 12.3. The number of ketones is 1. The Morgan fingerprint density at radius 3 is 2.36 bits per heavy atom. The fourth-order valence-corrected chi connectivity index (χ4v) is 9.46. The van der Waals surface area contributed by atoms with Crippen molar-refractivity contribution < 1.29 is 19.4 Å². The Morgan fingerprint density at radius 1 is 1.04 bits per heavy atom. The van der Waals surface area contributed by atoms with E-state index in [-0.39, 0.29) is 33.1 Å². The van der Waals surface area contributed by atoms with E-state index in [2.05, 4.69) is 29.8 Å². The zero-order valence-electron chi connectivity index (χ0n) is 17.7. The summed E-state index contributed by atoms with van der Waals surface area (Å²) >= 11 is 4.18. The molecular formula is C23H35BrO4. The first kappa shape index (κ1) is 20.8. The summed E-state index contributed by atoms with van der Waals surface area (Å²) in [5, 5.41) is 11.5. The number of fused-ring (bicyclic) bond motifs is 5. The average molecular weight is 455 g/mol. The number of carbonyl (C=O) groups is 2. The van der Waals surface area contributed by atoms with Gasteiger partial charge in [-0.1, -0.05) is 29.8 Å². The molecule has 0 amide bonds. The van der Waals surface area contributed by atoms with E-state index >= 15 is 0 Å². The second-order valence-corrected chi connectivity index (χ2v) is 12.0. The topological polar surface area (TPSA) is 63.6 Å². The van der Waals surface area contributed by atoms with Gasteiger partial charge >= 0.3 is 5.97 Å². The first-order valence-corrected chi connectivity index (χ1v) is 11.9. The van der Waals surface area contributed by atoms with Crippen molar-refractivity contribution in [2.24, 2.45) is 34.5 Å². The lowest BCUT2D eigenvalue weighted by molar-refractivity contribution is -0.169. The molecule has 4 nitrogen and oxygen atoms in total. The fourth-order valence-electron chi connectivity index (χ4n) is 8.23. The van der Waals surface area contributed by atoms with E-state index in [9.17, 15) is 14.7 Å². The van der Waals surface area contributed by atoms with Gasteiger partial charge in [0.15, 0.2) is 0 Å². The number of carbonyl (C=O) groups excluding carboxylic acids is 2. The Hall–Kier alpha value is -0.420. The van der Waals surface area contributed by atoms with E-state index in [0.717, 1.165) is 44.9 Å². The Labute approximate surface area is 177 Å². The van der Waals surface area contributed by atoms with Gasteiger partial charge in [0.2, 0.25) is 0 Å². The molecule has 5 heteroatoms. The number of aliphatic hydroxyl groups is 1. The van der Waals surface area contributed by atoms with Crippen molar-refractivity contribution >= 4 is 27.7 Å². The Bertz CT molecular complexity index is 680. The SMILES string of the molecule is CC(=O)O[C@@H]1CC[C@@]2(C)[C@@H](CC[C@H]3[C@@H]4CC[C@H](C(C)=O)[C@@]4(C)C[C@H](O)[C@@]32Br)C1. The number of Topliss-reactive ketones (excluding diaryl/α,β-unsaturated/α-hetero) is 1. The maximum Gasteiger partial charge on any atom is 0.302 e. The standard InChI is InChI=1S/C23H35BrO4/c1-13(25)17-7-8-18-19-6-5-15-11-16(28-14(2)26)9-10-22(15,4)23(19,24)20(27)12-21(17,18)3/h15-20,27H,5-12H2,1-4H3/t15-,16+,17+,18-,19-,20-,21+,22-,23-/m0/s1. The molecule has 0 heterocycles. The van der Waals surface area contributed by atoms with Gasteiger partial charge in [-0.15, -0.1) is 0 Å². The molecule has 9 atom stereocenters. The summed E-state index contributed by atoms with van der Waals surface area (Å²) in [6.07, 6.45) is 7.29. The van der Waals surface area contributed by atoms with Crippen LogP contribution in [0.1, 0.15) is 79.1 Å². The van der Waals surface area contributed by atoms with E-state index in [1.165, 1.54) is 6.92 Å². The van der Waals surface area contributed by atoms with Gasteiger partial charge in [-0.3, -0.25) is 9.59 Å². The van der Waals surface area contributed by atoms with Crippen LogP contribution in [0.5, 0.6) is 0 Å². The summed E-state index contributed by atoms with van der Waals surface area (Å²) in [6, 6.07) is 0. The van der Waals surface area contributed by atoms with E-state index in [1.54, 1.807) is 6.92 Å². The predicted octanol–water partition coefficient (Wildman–Crippen LogP) is 4.65. The van der Waals surface area contributed by atoms with Crippen molar-refractivity contribution in [1.29, 1.82) is 0 Å². The van der Waals surface area contributed by atoms with Crippen molar-refractivity contribution in [1.82, 2.24) is 0 Å². The first-order valence-electron chi connectivity index (χ1n) is 11.1. The smallest absolute Gasteiger partial charge is 0.302 e. The van der Waals surface area contributed by atoms with Crippen LogP contribution >= 0.6 is 15.9 Å². The van der Waals surface area contributed by atoms with Crippen LogP contribution < -0.4 is 0 Å². The lowest BCUT2D eigenvalue weighted by atomic mass is 9.43. The number of halogens is 1. The van der Waals surface area contributed by atoms with Crippen LogP contribution in [-0.2, 0) is 14.3 Å². The highest BCUT2D eigenvalue weighted by molar-refractivity contribution is 9.10. The summed E-state index contributed by atoms with van der Waals surface area (Å²) in [4.78, 5) is 23.8. The highest BCUT2D eigenvalue weighted by Crippen LogP contribution is 2.71. The normalized spacial score (nSPS) is 52.9. The van der Waals surface area contributed by atoms with Gasteiger partial charge in [0.05, 0.1) is 10.4 Å².